The molecule has 2 aromatic rings. The van der Waals surface area contributed by atoms with Gasteiger partial charge in [0.05, 0.1) is 17.3 Å². The molecule has 6 nitrogen and oxygen atoms in total. The minimum Gasteiger partial charge on any atom is -0.317 e. The van der Waals surface area contributed by atoms with Crippen molar-refractivity contribution in [1.82, 2.24) is 9.97 Å². The summed E-state index contributed by atoms with van der Waals surface area (Å²) in [6.45, 7) is 0. The Balaban J connectivity index is 2.63. The van der Waals surface area contributed by atoms with E-state index in [0.717, 1.165) is 6.26 Å². The van der Waals surface area contributed by atoms with E-state index in [9.17, 15) is 13.2 Å². The molecule has 0 amide bonds. The number of nitrogens with one attached hydrogen (secondary N) is 2. The van der Waals surface area contributed by atoms with Crippen LogP contribution in [0.1, 0.15) is 0 Å². The third kappa shape index (κ3) is 2.19. The average Bonchev–Trinajstić information content (AvgIpc) is 2.17. The molecule has 1 heterocycles. The van der Waals surface area contributed by atoms with E-state index in [-0.39, 0.29) is 5.82 Å². The molecule has 2 N–H and O–H groups in total. The van der Waals surface area contributed by atoms with Gasteiger partial charge in [-0.3, -0.25) is 9.52 Å². The lowest BCUT2D eigenvalue weighted by Crippen LogP contribution is -2.20. The van der Waals surface area contributed by atoms with Crippen molar-refractivity contribution < 1.29 is 8.42 Å². The number of rotatable bonds is 2. The van der Waals surface area contributed by atoms with Crippen molar-refractivity contribution in [3.05, 3.63) is 34.6 Å². The third-order valence-corrected chi connectivity index (χ3v) is 2.45. The number of anilines is 1. The lowest BCUT2D eigenvalue weighted by Gasteiger charge is -2.03. The molecule has 0 spiro atoms. The van der Waals surface area contributed by atoms with Gasteiger partial charge in [-0.25, -0.2) is 13.4 Å². The van der Waals surface area contributed by atoms with Crippen molar-refractivity contribution in [3.8, 4) is 0 Å². The second-order valence-corrected chi connectivity index (χ2v) is 5.05. The molecule has 0 aliphatic rings. The fourth-order valence-electron chi connectivity index (χ4n) is 1.27. The lowest BCUT2D eigenvalue weighted by atomic mass is 10.3. The molecule has 1 aromatic carbocycles. The van der Waals surface area contributed by atoms with Crippen molar-refractivity contribution in [3.63, 3.8) is 0 Å². The van der Waals surface area contributed by atoms with E-state index in [2.05, 4.69) is 14.7 Å². The Labute approximate surface area is 91.4 Å². The van der Waals surface area contributed by atoms with E-state index in [1.54, 1.807) is 24.3 Å². The van der Waals surface area contributed by atoms with Crippen LogP contribution in [0.3, 0.4) is 0 Å². The topological polar surface area (TPSA) is 91.9 Å². The van der Waals surface area contributed by atoms with Crippen LogP contribution in [0.15, 0.2) is 29.1 Å². The molecule has 0 atom stereocenters. The minimum atomic E-state index is -3.50. The number of aromatic nitrogens is 2. The molecule has 7 heteroatoms. The summed E-state index contributed by atoms with van der Waals surface area (Å²) in [5, 5.41) is 0. The molecule has 84 valence electrons. The maximum Gasteiger partial charge on any atom is 0.292 e. The highest BCUT2D eigenvalue weighted by molar-refractivity contribution is 7.92. The SMILES string of the molecule is CS(=O)(=O)Nc1nc2ccccc2[nH]c1=O. The number of benzene rings is 1. The molecule has 0 fully saturated rings. The lowest BCUT2D eigenvalue weighted by molar-refractivity contribution is 0.606. The molecular weight excluding hydrogens is 230 g/mol. The summed E-state index contributed by atoms with van der Waals surface area (Å²) in [5.41, 5.74) is 0.518. The quantitative estimate of drug-likeness (QED) is 0.788. The first-order valence-electron chi connectivity index (χ1n) is 4.42. The zero-order chi connectivity index (χ0) is 11.8. The molecule has 0 unspecified atom stereocenters. The van der Waals surface area contributed by atoms with Gasteiger partial charge in [-0.1, -0.05) is 12.1 Å². The number of hydrogen-bond donors (Lipinski definition) is 2. The summed E-state index contributed by atoms with van der Waals surface area (Å²) < 4.78 is 24.0. The third-order valence-electron chi connectivity index (χ3n) is 1.88. The van der Waals surface area contributed by atoms with Crippen LogP contribution in [-0.2, 0) is 10.0 Å². The van der Waals surface area contributed by atoms with Gasteiger partial charge in [-0.05, 0) is 12.1 Å². The Morgan fingerprint density at radius 3 is 2.69 bits per heavy atom. The average molecular weight is 239 g/mol. The first-order valence-corrected chi connectivity index (χ1v) is 6.32. The first kappa shape index (κ1) is 10.6. The number of nitrogens with zero attached hydrogens (tertiary/aromatic N) is 1. The van der Waals surface area contributed by atoms with Gasteiger partial charge in [0, 0.05) is 0 Å². The summed E-state index contributed by atoms with van der Waals surface area (Å²) in [7, 11) is -3.50. The highest BCUT2D eigenvalue weighted by Crippen LogP contribution is 2.08. The van der Waals surface area contributed by atoms with Gasteiger partial charge >= 0.3 is 0 Å². The number of hydrogen-bond acceptors (Lipinski definition) is 4. The van der Waals surface area contributed by atoms with Crippen LogP contribution in [0.4, 0.5) is 5.82 Å². The van der Waals surface area contributed by atoms with E-state index in [0.29, 0.717) is 11.0 Å². The fraction of sp³-hybridized carbons (Fsp3) is 0.111. The largest absolute Gasteiger partial charge is 0.317 e. The van der Waals surface area contributed by atoms with E-state index in [1.807, 2.05) is 0 Å². The highest BCUT2D eigenvalue weighted by atomic mass is 32.2. The fourth-order valence-corrected chi connectivity index (χ4v) is 1.76. The Morgan fingerprint density at radius 1 is 1.31 bits per heavy atom. The van der Waals surface area contributed by atoms with Gasteiger partial charge in [-0.15, -0.1) is 0 Å². The van der Waals surface area contributed by atoms with E-state index >= 15 is 0 Å². The monoisotopic (exact) mass is 239 g/mol. The zero-order valence-corrected chi connectivity index (χ0v) is 9.21. The van der Waals surface area contributed by atoms with Crippen molar-refractivity contribution in [2.45, 2.75) is 0 Å². The maximum atomic E-state index is 11.5. The Morgan fingerprint density at radius 2 is 2.00 bits per heavy atom. The second kappa shape index (κ2) is 3.60. The van der Waals surface area contributed by atoms with Gasteiger partial charge in [0.1, 0.15) is 0 Å². The van der Waals surface area contributed by atoms with Crippen LogP contribution in [0, 0.1) is 0 Å². The molecule has 0 aliphatic carbocycles. The number of fused-ring (bicyclic) bond motifs is 1. The molecule has 0 bridgehead atoms. The summed E-state index contributed by atoms with van der Waals surface area (Å²) in [5.74, 6) is -0.221. The number of H-pyrrole nitrogens is 1. The highest BCUT2D eigenvalue weighted by Gasteiger charge is 2.08. The number of sulfonamides is 1. The van der Waals surface area contributed by atoms with Gasteiger partial charge < -0.3 is 4.98 Å². The predicted molar refractivity (Wildman–Crippen MR) is 60.8 cm³/mol. The molecule has 0 radical (unpaired) electrons. The van der Waals surface area contributed by atoms with Crippen molar-refractivity contribution in [2.75, 3.05) is 11.0 Å². The van der Waals surface area contributed by atoms with Gasteiger partial charge in [-0.2, -0.15) is 0 Å². The van der Waals surface area contributed by atoms with Crippen molar-refractivity contribution in [1.29, 1.82) is 0 Å². The summed E-state index contributed by atoms with van der Waals surface area (Å²) >= 11 is 0. The normalized spacial score (nSPS) is 11.6. The van der Waals surface area contributed by atoms with Crippen LogP contribution in [0.2, 0.25) is 0 Å². The minimum absolute atomic E-state index is 0.221. The molecule has 16 heavy (non-hydrogen) atoms. The predicted octanol–water partition coefficient (Wildman–Crippen LogP) is 0.295. The second-order valence-electron chi connectivity index (χ2n) is 3.31. The summed E-state index contributed by atoms with van der Waals surface area (Å²) in [6.07, 6.45) is 0.962. The summed E-state index contributed by atoms with van der Waals surface area (Å²) in [6, 6.07) is 6.87. The van der Waals surface area contributed by atoms with E-state index in [1.165, 1.54) is 0 Å². The molecule has 0 aliphatic heterocycles. The Kier molecular flexibility index (Phi) is 2.39. The van der Waals surface area contributed by atoms with Crippen molar-refractivity contribution >= 4 is 26.9 Å². The molecule has 0 saturated carbocycles. The van der Waals surface area contributed by atoms with Crippen molar-refractivity contribution in [2.24, 2.45) is 0 Å². The van der Waals surface area contributed by atoms with Gasteiger partial charge in [0.2, 0.25) is 15.8 Å². The molecule has 1 aromatic heterocycles. The van der Waals surface area contributed by atoms with Crippen LogP contribution in [0.5, 0.6) is 0 Å². The van der Waals surface area contributed by atoms with E-state index in [4.69, 9.17) is 0 Å². The van der Waals surface area contributed by atoms with Crippen LogP contribution in [-0.4, -0.2) is 24.6 Å². The van der Waals surface area contributed by atoms with Crippen LogP contribution < -0.4 is 10.3 Å². The van der Waals surface area contributed by atoms with Crippen LogP contribution in [0.25, 0.3) is 11.0 Å². The molecular formula is C9H9N3O3S. The smallest absolute Gasteiger partial charge is 0.292 e. The molecule has 2 rings (SSSR count). The van der Waals surface area contributed by atoms with Gasteiger partial charge in [0.15, 0.2) is 0 Å². The standard InChI is InChI=1S/C9H9N3O3S/c1-16(14,15)12-8-9(13)11-7-5-3-2-4-6(7)10-8/h2-5H,1H3,(H,10,12)(H,11,13). The maximum absolute atomic E-state index is 11.5. The summed E-state index contributed by atoms with van der Waals surface area (Å²) in [4.78, 5) is 17.9. The zero-order valence-electron chi connectivity index (χ0n) is 8.39. The number of para-hydroxylation sites is 2. The van der Waals surface area contributed by atoms with Gasteiger partial charge in [0.25, 0.3) is 5.56 Å². The number of aromatic amines is 1. The van der Waals surface area contributed by atoms with Crippen LogP contribution >= 0.6 is 0 Å². The first-order chi connectivity index (χ1) is 7.46. The Hall–Kier alpha value is -1.89. The molecule has 0 saturated heterocycles. The van der Waals surface area contributed by atoms with E-state index < -0.39 is 15.6 Å². The Bertz CT molecular complexity index is 690.